The van der Waals surface area contributed by atoms with Gasteiger partial charge in [-0.2, -0.15) is 0 Å². The first kappa shape index (κ1) is 23.6. The lowest BCUT2D eigenvalue weighted by atomic mass is 9.69. The Hall–Kier alpha value is -3.17. The molecule has 35 heavy (non-hydrogen) atoms. The van der Waals surface area contributed by atoms with Gasteiger partial charge in [-0.1, -0.05) is 85.3 Å². The number of para-hydroxylation sites is 1. The summed E-state index contributed by atoms with van der Waals surface area (Å²) in [6.45, 7) is 4.28. The molecule has 1 fully saturated rings. The highest BCUT2D eigenvalue weighted by molar-refractivity contribution is 5.84. The van der Waals surface area contributed by atoms with Crippen molar-refractivity contribution in [1.82, 2.24) is 9.88 Å². The Balaban J connectivity index is 1.37. The van der Waals surface area contributed by atoms with Gasteiger partial charge in [0.25, 0.3) is 0 Å². The number of rotatable bonds is 10. The number of hydrogen-bond donors (Lipinski definition) is 0. The van der Waals surface area contributed by atoms with Gasteiger partial charge in [0.2, 0.25) is 0 Å². The van der Waals surface area contributed by atoms with Crippen molar-refractivity contribution in [3.8, 4) is 5.75 Å². The Kier molecular flexibility index (Phi) is 7.75. The number of benzene rings is 3. The molecule has 3 nitrogen and oxygen atoms in total. The Morgan fingerprint density at radius 3 is 2.11 bits per heavy atom. The quantitative estimate of drug-likeness (QED) is 0.231. The highest BCUT2D eigenvalue weighted by atomic mass is 16.5. The first-order valence-electron chi connectivity index (χ1n) is 13.2. The number of pyridine rings is 1. The van der Waals surface area contributed by atoms with E-state index >= 15 is 0 Å². The third-order valence-electron chi connectivity index (χ3n) is 7.56. The maximum atomic E-state index is 6.31. The van der Waals surface area contributed by atoms with E-state index in [2.05, 4.69) is 88.7 Å². The van der Waals surface area contributed by atoms with Crippen molar-refractivity contribution in [2.75, 3.05) is 26.2 Å². The maximum Gasteiger partial charge on any atom is 0.145 e. The summed E-state index contributed by atoms with van der Waals surface area (Å²) in [5.74, 6) is 0.876. The van der Waals surface area contributed by atoms with Crippen LogP contribution >= 0.6 is 0 Å². The van der Waals surface area contributed by atoms with Gasteiger partial charge in [-0.3, -0.25) is 4.98 Å². The normalized spacial score (nSPS) is 14.7. The molecular weight excluding hydrogens is 428 g/mol. The van der Waals surface area contributed by atoms with Crippen LogP contribution in [0.3, 0.4) is 0 Å². The number of piperidine rings is 1. The van der Waals surface area contributed by atoms with Crippen molar-refractivity contribution in [3.63, 3.8) is 0 Å². The summed E-state index contributed by atoms with van der Waals surface area (Å²) in [7, 11) is 0. The summed E-state index contributed by atoms with van der Waals surface area (Å²) in [5, 5.41) is 1.12. The molecular formula is C32H36N2O. The summed E-state index contributed by atoms with van der Waals surface area (Å²) in [6, 6.07) is 32.5. The minimum absolute atomic E-state index is 0.0274. The van der Waals surface area contributed by atoms with Gasteiger partial charge < -0.3 is 9.64 Å². The number of nitrogens with zero attached hydrogens (tertiary/aromatic N) is 2. The fourth-order valence-electron chi connectivity index (χ4n) is 5.66. The Labute approximate surface area is 209 Å². The Morgan fingerprint density at radius 1 is 0.714 bits per heavy atom. The molecule has 4 aromatic rings. The highest BCUT2D eigenvalue weighted by Gasteiger charge is 2.34. The predicted octanol–water partition coefficient (Wildman–Crippen LogP) is 7.26. The van der Waals surface area contributed by atoms with Crippen LogP contribution in [0.15, 0.2) is 97.2 Å². The van der Waals surface area contributed by atoms with Crippen molar-refractivity contribution in [2.45, 2.75) is 43.9 Å². The molecule has 1 aliphatic rings. The zero-order valence-electron chi connectivity index (χ0n) is 20.6. The highest BCUT2D eigenvalue weighted by Crippen LogP contribution is 2.40. The van der Waals surface area contributed by atoms with Gasteiger partial charge >= 0.3 is 0 Å². The van der Waals surface area contributed by atoms with E-state index in [1.54, 1.807) is 0 Å². The monoisotopic (exact) mass is 464 g/mol. The number of likely N-dealkylation sites (tertiary alicyclic amines) is 1. The van der Waals surface area contributed by atoms with Crippen LogP contribution < -0.4 is 4.74 Å². The van der Waals surface area contributed by atoms with E-state index < -0.39 is 0 Å². The average molecular weight is 465 g/mol. The number of fused-ring (bicyclic) bond motifs is 1. The molecule has 0 unspecified atom stereocenters. The van der Waals surface area contributed by atoms with E-state index in [1.807, 2.05) is 18.3 Å². The van der Waals surface area contributed by atoms with Gasteiger partial charge in [0, 0.05) is 17.0 Å². The Bertz CT molecular complexity index is 1140. The van der Waals surface area contributed by atoms with Crippen LogP contribution in [0.25, 0.3) is 10.9 Å². The summed E-state index contributed by atoms with van der Waals surface area (Å²) in [5.41, 5.74) is 3.74. The van der Waals surface area contributed by atoms with Crippen molar-refractivity contribution in [2.24, 2.45) is 0 Å². The first-order chi connectivity index (χ1) is 17.4. The molecule has 0 atom stereocenters. The average Bonchev–Trinajstić information content (AvgIpc) is 2.94. The fraction of sp³-hybridized carbons (Fsp3) is 0.344. The van der Waals surface area contributed by atoms with E-state index in [9.17, 15) is 0 Å². The van der Waals surface area contributed by atoms with E-state index in [1.165, 1.54) is 43.5 Å². The van der Waals surface area contributed by atoms with Crippen LogP contribution in [0.5, 0.6) is 5.75 Å². The van der Waals surface area contributed by atoms with Gasteiger partial charge in [-0.15, -0.1) is 0 Å². The predicted molar refractivity (Wildman–Crippen MR) is 145 cm³/mol. The van der Waals surface area contributed by atoms with Gasteiger partial charge in [-0.05, 0) is 75.0 Å². The summed E-state index contributed by atoms with van der Waals surface area (Å²) < 4.78 is 6.31. The molecule has 0 N–H and O–H groups in total. The molecule has 0 bridgehead atoms. The lowest BCUT2D eigenvalue weighted by Gasteiger charge is -2.38. The smallest absolute Gasteiger partial charge is 0.145 e. The summed E-state index contributed by atoms with van der Waals surface area (Å²) in [4.78, 5) is 7.22. The van der Waals surface area contributed by atoms with E-state index in [0.717, 1.165) is 42.5 Å². The van der Waals surface area contributed by atoms with E-state index in [4.69, 9.17) is 4.74 Å². The van der Waals surface area contributed by atoms with Crippen LogP contribution in [-0.4, -0.2) is 36.1 Å². The third-order valence-corrected chi connectivity index (χ3v) is 7.56. The SMILES string of the molecule is c1ccc(C(CCCOc2cccc3cccnc23)(CCN2CCCCC2)c2ccccc2)cc1. The second-order valence-electron chi connectivity index (χ2n) is 9.75. The molecule has 5 rings (SSSR count). The van der Waals surface area contributed by atoms with Crippen molar-refractivity contribution < 1.29 is 4.74 Å². The fourth-order valence-corrected chi connectivity index (χ4v) is 5.66. The molecule has 0 radical (unpaired) electrons. The zero-order chi connectivity index (χ0) is 23.8. The van der Waals surface area contributed by atoms with Crippen LogP contribution in [0.2, 0.25) is 0 Å². The van der Waals surface area contributed by atoms with E-state index in [0.29, 0.717) is 6.61 Å². The minimum Gasteiger partial charge on any atom is -0.491 e. The van der Waals surface area contributed by atoms with Gasteiger partial charge in [0.15, 0.2) is 0 Å². The van der Waals surface area contributed by atoms with Crippen LogP contribution in [0.1, 0.15) is 49.7 Å². The second-order valence-corrected chi connectivity index (χ2v) is 9.75. The van der Waals surface area contributed by atoms with Crippen molar-refractivity contribution in [1.29, 1.82) is 0 Å². The van der Waals surface area contributed by atoms with Crippen LogP contribution in [0, 0.1) is 0 Å². The summed E-state index contributed by atoms with van der Waals surface area (Å²) >= 11 is 0. The molecule has 0 spiro atoms. The maximum absolute atomic E-state index is 6.31. The topological polar surface area (TPSA) is 25.4 Å². The number of hydrogen-bond acceptors (Lipinski definition) is 3. The van der Waals surface area contributed by atoms with Crippen LogP contribution in [-0.2, 0) is 5.41 Å². The molecule has 3 aromatic carbocycles. The molecule has 3 heteroatoms. The summed E-state index contributed by atoms with van der Waals surface area (Å²) in [6.07, 6.45) is 9.02. The van der Waals surface area contributed by atoms with Crippen molar-refractivity contribution in [3.05, 3.63) is 108 Å². The standard InChI is InChI=1S/C32H36N2O/c1-4-15-28(16-5-1)32(29-17-6-2-7-18-29,21-25-34-23-8-3-9-24-34)20-12-26-35-30-19-10-13-27-14-11-22-33-31(27)30/h1-2,4-7,10-11,13-19,22H,3,8-9,12,20-21,23-26H2. The lowest BCUT2D eigenvalue weighted by molar-refractivity contribution is 0.204. The van der Waals surface area contributed by atoms with E-state index in [-0.39, 0.29) is 5.41 Å². The lowest BCUT2D eigenvalue weighted by Crippen LogP contribution is -2.37. The second kappa shape index (κ2) is 11.5. The molecule has 1 saturated heterocycles. The van der Waals surface area contributed by atoms with Crippen LogP contribution in [0.4, 0.5) is 0 Å². The minimum atomic E-state index is -0.0274. The molecule has 0 aliphatic carbocycles. The largest absolute Gasteiger partial charge is 0.491 e. The van der Waals surface area contributed by atoms with Gasteiger partial charge in [0.05, 0.1) is 6.61 Å². The molecule has 0 saturated carbocycles. The third kappa shape index (κ3) is 5.57. The molecule has 1 aliphatic heterocycles. The molecule has 180 valence electrons. The molecule has 2 heterocycles. The van der Waals surface area contributed by atoms with Gasteiger partial charge in [-0.25, -0.2) is 0 Å². The zero-order valence-corrected chi connectivity index (χ0v) is 20.6. The number of ether oxygens (including phenoxy) is 1. The van der Waals surface area contributed by atoms with Gasteiger partial charge in [0.1, 0.15) is 11.3 Å². The first-order valence-corrected chi connectivity index (χ1v) is 13.2. The molecule has 1 aromatic heterocycles. The Morgan fingerprint density at radius 2 is 1.40 bits per heavy atom. The van der Waals surface area contributed by atoms with Crippen molar-refractivity contribution >= 4 is 10.9 Å². The number of aromatic nitrogens is 1. The molecule has 0 amide bonds.